The van der Waals surface area contributed by atoms with E-state index < -0.39 is 0 Å². The third-order valence-electron chi connectivity index (χ3n) is 6.28. The van der Waals surface area contributed by atoms with Gasteiger partial charge in [0.25, 0.3) is 0 Å². The Morgan fingerprint density at radius 2 is 1.72 bits per heavy atom. The molecule has 1 heterocycles. The van der Waals surface area contributed by atoms with Crippen molar-refractivity contribution < 1.29 is 4.74 Å². The second kappa shape index (κ2) is 5.06. The Morgan fingerprint density at radius 3 is 2.44 bits per heavy atom. The summed E-state index contributed by atoms with van der Waals surface area (Å²) in [4.78, 5) is 0. The lowest BCUT2D eigenvalue weighted by atomic mass is 9.47. The zero-order valence-electron chi connectivity index (χ0n) is 13.6. The zero-order chi connectivity index (χ0) is 17.0. The van der Waals surface area contributed by atoms with E-state index in [0.29, 0.717) is 18.8 Å². The maximum atomic E-state index is 9.63. The molecule has 1 aliphatic heterocycles. The number of benzene rings is 2. The van der Waals surface area contributed by atoms with Crippen LogP contribution in [0, 0.1) is 34.0 Å². The summed E-state index contributed by atoms with van der Waals surface area (Å²) in [5, 5.41) is 18.7. The van der Waals surface area contributed by atoms with E-state index in [9.17, 15) is 5.26 Å². The quantitative estimate of drug-likeness (QED) is 0.800. The summed E-state index contributed by atoms with van der Waals surface area (Å²) in [6.07, 6.45) is 2.12. The molecule has 120 valence electrons. The van der Waals surface area contributed by atoms with E-state index >= 15 is 0 Å². The number of fused-ring (bicyclic) bond motifs is 2. The Hall–Kier alpha value is -2.88. The molecule has 2 aromatic carbocycles. The van der Waals surface area contributed by atoms with E-state index in [1.54, 1.807) is 0 Å². The molecule has 0 saturated carbocycles. The normalized spacial score (nSPS) is 31.4. The Balaban J connectivity index is 1.73. The van der Waals surface area contributed by atoms with Crippen LogP contribution in [0.4, 0.5) is 0 Å². The molecule has 2 aliphatic carbocycles. The van der Waals surface area contributed by atoms with E-state index in [1.165, 1.54) is 16.7 Å². The molecule has 0 bridgehead atoms. The molecule has 4 atom stereocenters. The van der Waals surface area contributed by atoms with Crippen molar-refractivity contribution in [2.75, 3.05) is 13.2 Å². The molecule has 5 rings (SSSR count). The zero-order valence-corrected chi connectivity index (χ0v) is 13.6. The maximum absolute atomic E-state index is 9.63. The van der Waals surface area contributed by atoms with Gasteiger partial charge in [-0.05, 0) is 28.8 Å². The Bertz CT molecular complexity index is 976. The van der Waals surface area contributed by atoms with Crippen LogP contribution in [0.25, 0.3) is 0 Å². The number of ether oxygens (including phenoxy) is 1. The first kappa shape index (κ1) is 14.5. The van der Waals surface area contributed by atoms with Crippen LogP contribution in [-0.2, 0) is 4.74 Å². The van der Waals surface area contributed by atoms with E-state index in [1.807, 2.05) is 12.1 Å². The van der Waals surface area contributed by atoms with Crippen LogP contribution in [0.2, 0.25) is 0 Å². The predicted octanol–water partition coefficient (Wildman–Crippen LogP) is 3.88. The smallest absolute Gasteiger partial charge is 0.0991 e. The fourth-order valence-electron chi connectivity index (χ4n) is 5.12. The van der Waals surface area contributed by atoms with E-state index in [4.69, 9.17) is 10.00 Å². The van der Waals surface area contributed by atoms with Crippen LogP contribution in [0.5, 0.6) is 0 Å². The van der Waals surface area contributed by atoms with Crippen molar-refractivity contribution in [2.24, 2.45) is 11.3 Å². The lowest BCUT2D eigenvalue weighted by Crippen LogP contribution is -2.49. The first-order chi connectivity index (χ1) is 12.3. The van der Waals surface area contributed by atoms with Crippen LogP contribution in [0.15, 0.2) is 60.2 Å². The van der Waals surface area contributed by atoms with Crippen molar-refractivity contribution in [3.63, 3.8) is 0 Å². The fourth-order valence-corrected chi connectivity index (χ4v) is 5.12. The van der Waals surface area contributed by atoms with Crippen molar-refractivity contribution in [3.05, 3.63) is 82.4 Å². The molecule has 3 heteroatoms. The van der Waals surface area contributed by atoms with Crippen LogP contribution >= 0.6 is 0 Å². The molecular formula is C22H16N2O. The summed E-state index contributed by atoms with van der Waals surface area (Å²) in [5.74, 6) is 0.736. The van der Waals surface area contributed by atoms with Crippen LogP contribution < -0.4 is 0 Å². The summed E-state index contributed by atoms with van der Waals surface area (Å²) in [7, 11) is 0. The number of nitriles is 2. The predicted molar refractivity (Wildman–Crippen MR) is 92.6 cm³/mol. The van der Waals surface area contributed by atoms with Crippen LogP contribution in [-0.4, -0.2) is 13.2 Å². The van der Waals surface area contributed by atoms with Crippen LogP contribution in [0.1, 0.15) is 34.1 Å². The highest BCUT2D eigenvalue weighted by molar-refractivity contribution is 5.58. The highest BCUT2D eigenvalue weighted by Crippen LogP contribution is 2.67. The first-order valence-corrected chi connectivity index (χ1v) is 8.58. The van der Waals surface area contributed by atoms with E-state index in [-0.39, 0.29) is 23.2 Å². The van der Waals surface area contributed by atoms with Gasteiger partial charge in [0.1, 0.15) is 0 Å². The van der Waals surface area contributed by atoms with Gasteiger partial charge in [-0.25, -0.2) is 0 Å². The summed E-state index contributed by atoms with van der Waals surface area (Å²) < 4.78 is 5.93. The maximum Gasteiger partial charge on any atom is 0.0991 e. The highest BCUT2D eigenvalue weighted by Gasteiger charge is 2.62. The van der Waals surface area contributed by atoms with Gasteiger partial charge < -0.3 is 4.74 Å². The highest BCUT2D eigenvalue weighted by atomic mass is 16.5. The molecule has 1 saturated heterocycles. The molecule has 0 amide bonds. The standard InChI is InChI=1S/C22H16N2O/c23-10-14-5-7-15(8-6-14)21-18-4-2-1-3-17(18)19-9-16(11-24)22(19)13-25-12-20(21)22/h1-9,19-21H,12-13H2/t19-,20+,21-,22-/m0/s1. The van der Waals surface area contributed by atoms with E-state index in [0.717, 1.165) is 5.57 Å². The minimum absolute atomic E-state index is 0.179. The third kappa shape index (κ3) is 1.71. The molecular weight excluding hydrogens is 308 g/mol. The minimum atomic E-state index is -0.179. The molecule has 0 unspecified atom stereocenters. The molecule has 2 aromatic rings. The molecule has 1 spiro atoms. The summed E-state index contributed by atoms with van der Waals surface area (Å²) in [6, 6.07) is 21.1. The average Bonchev–Trinajstić information content (AvgIpc) is 3.11. The average molecular weight is 324 g/mol. The molecule has 0 N–H and O–H groups in total. The molecule has 3 aliphatic rings. The lowest BCUT2D eigenvalue weighted by Gasteiger charge is -2.53. The van der Waals surface area contributed by atoms with Gasteiger partial charge in [0, 0.05) is 28.7 Å². The first-order valence-electron chi connectivity index (χ1n) is 8.58. The van der Waals surface area contributed by atoms with Crippen molar-refractivity contribution in [1.82, 2.24) is 0 Å². The molecule has 3 nitrogen and oxygen atoms in total. The second-order valence-electron chi connectivity index (χ2n) is 7.17. The molecule has 0 radical (unpaired) electrons. The third-order valence-corrected chi connectivity index (χ3v) is 6.28. The van der Waals surface area contributed by atoms with Crippen molar-refractivity contribution in [3.8, 4) is 12.1 Å². The van der Waals surface area contributed by atoms with Crippen molar-refractivity contribution >= 4 is 0 Å². The van der Waals surface area contributed by atoms with Gasteiger partial charge in [-0.3, -0.25) is 0 Å². The number of allylic oxidation sites excluding steroid dienone is 1. The monoisotopic (exact) mass is 324 g/mol. The van der Waals surface area contributed by atoms with Crippen LogP contribution in [0.3, 0.4) is 0 Å². The minimum Gasteiger partial charge on any atom is -0.380 e. The van der Waals surface area contributed by atoms with Gasteiger partial charge in [-0.1, -0.05) is 42.5 Å². The van der Waals surface area contributed by atoms with Crippen molar-refractivity contribution in [2.45, 2.75) is 11.8 Å². The van der Waals surface area contributed by atoms with Crippen molar-refractivity contribution in [1.29, 1.82) is 10.5 Å². The number of hydrogen-bond donors (Lipinski definition) is 0. The number of nitrogens with zero attached hydrogens (tertiary/aromatic N) is 2. The molecule has 0 aromatic heterocycles. The Labute approximate surface area is 146 Å². The van der Waals surface area contributed by atoms with Gasteiger partial charge in [0.05, 0.1) is 30.9 Å². The van der Waals surface area contributed by atoms with Gasteiger partial charge in [0.2, 0.25) is 0 Å². The summed E-state index contributed by atoms with van der Waals surface area (Å²) >= 11 is 0. The van der Waals surface area contributed by atoms with Gasteiger partial charge in [0.15, 0.2) is 0 Å². The summed E-state index contributed by atoms with van der Waals surface area (Å²) in [6.45, 7) is 1.30. The fraction of sp³-hybridized carbons (Fsp3) is 0.273. The molecule has 1 fully saturated rings. The number of rotatable bonds is 1. The largest absolute Gasteiger partial charge is 0.380 e. The number of hydrogen-bond acceptors (Lipinski definition) is 3. The van der Waals surface area contributed by atoms with Gasteiger partial charge in [-0.2, -0.15) is 10.5 Å². The topological polar surface area (TPSA) is 56.8 Å². The second-order valence-corrected chi connectivity index (χ2v) is 7.17. The SMILES string of the molecule is N#CC1=C[C@H]2c3ccccc3[C@H](c3ccc(C#N)cc3)[C@H]3COC[C@@]132. The summed E-state index contributed by atoms with van der Waals surface area (Å²) in [5.41, 5.74) is 5.22. The van der Waals surface area contributed by atoms with E-state index in [2.05, 4.69) is 54.6 Å². The lowest BCUT2D eigenvalue weighted by molar-refractivity contribution is 0.146. The molecule has 25 heavy (non-hydrogen) atoms. The Kier molecular flexibility index (Phi) is 2.93. The Morgan fingerprint density at radius 1 is 0.960 bits per heavy atom. The van der Waals surface area contributed by atoms with Gasteiger partial charge >= 0.3 is 0 Å². The van der Waals surface area contributed by atoms with Gasteiger partial charge in [-0.15, -0.1) is 0 Å².